The van der Waals surface area contributed by atoms with E-state index in [4.69, 9.17) is 17.3 Å². The molecule has 0 aliphatic heterocycles. The summed E-state index contributed by atoms with van der Waals surface area (Å²) >= 11 is 5.42. The molecule has 0 saturated carbocycles. The summed E-state index contributed by atoms with van der Waals surface area (Å²) in [6.07, 6.45) is 1.54. The summed E-state index contributed by atoms with van der Waals surface area (Å²) in [5, 5.41) is 0.208. The predicted molar refractivity (Wildman–Crippen MR) is 33.8 cm³/mol. The first-order chi connectivity index (χ1) is 4.33. The fraction of sp³-hybridized carbons (Fsp3) is 0.200. The molecule has 3 nitrogen and oxygen atoms in total. The Morgan fingerprint density at radius 2 is 2.44 bits per heavy atom. The molecule has 1 aromatic rings. The molecule has 47 valence electrons. The highest BCUT2D eigenvalue weighted by Crippen LogP contribution is 1.99. The molecule has 0 bridgehead atoms. The van der Waals surface area contributed by atoms with Gasteiger partial charge in [0.05, 0.1) is 12.2 Å². The molecule has 1 aromatic heterocycles. The van der Waals surface area contributed by atoms with Gasteiger partial charge in [0.15, 0.2) is 0 Å². The lowest BCUT2D eigenvalue weighted by molar-refractivity contribution is 0.939. The molecule has 0 aliphatic rings. The molecule has 1 rings (SSSR count). The smallest absolute Gasteiger partial charge is 0.222 e. The van der Waals surface area contributed by atoms with Crippen molar-refractivity contribution in [1.29, 1.82) is 0 Å². The number of halogens is 1. The zero-order valence-electron chi connectivity index (χ0n) is 4.63. The Balaban J connectivity index is 2.94. The third-order valence-corrected chi connectivity index (χ3v) is 1.05. The summed E-state index contributed by atoms with van der Waals surface area (Å²) in [5.74, 6) is 0. The number of hydrogen-bond acceptors (Lipinski definition) is 2. The molecule has 0 amide bonds. The second-order valence-electron chi connectivity index (χ2n) is 1.49. The standard InChI is InChI=1S/C5H5ClN3/c6-5-8-2-1-4(3-7)9-5/h1-2,7H,3H2. The quantitative estimate of drug-likeness (QED) is 0.548. The van der Waals surface area contributed by atoms with Crippen molar-refractivity contribution in [3.05, 3.63) is 23.2 Å². The van der Waals surface area contributed by atoms with Crippen LogP contribution in [-0.4, -0.2) is 9.97 Å². The van der Waals surface area contributed by atoms with Crippen LogP contribution >= 0.6 is 11.6 Å². The molecular weight excluding hydrogens is 138 g/mol. The molecule has 0 aliphatic carbocycles. The highest BCUT2D eigenvalue weighted by atomic mass is 35.5. The van der Waals surface area contributed by atoms with E-state index in [1.54, 1.807) is 12.3 Å². The van der Waals surface area contributed by atoms with Gasteiger partial charge in [0.25, 0.3) is 0 Å². The van der Waals surface area contributed by atoms with E-state index >= 15 is 0 Å². The van der Waals surface area contributed by atoms with Gasteiger partial charge in [0.1, 0.15) is 0 Å². The Labute approximate surface area is 57.9 Å². The Hall–Kier alpha value is -0.670. The zero-order valence-corrected chi connectivity index (χ0v) is 5.39. The summed E-state index contributed by atoms with van der Waals surface area (Å²) in [6, 6.07) is 1.67. The number of hydrogen-bond donors (Lipinski definition) is 0. The van der Waals surface area contributed by atoms with E-state index in [2.05, 4.69) is 9.97 Å². The van der Waals surface area contributed by atoms with Gasteiger partial charge in [-0.05, 0) is 17.7 Å². The minimum atomic E-state index is 0.155. The Bertz CT molecular complexity index is 201. The van der Waals surface area contributed by atoms with Crippen molar-refractivity contribution in [3.63, 3.8) is 0 Å². The van der Waals surface area contributed by atoms with Gasteiger partial charge in [0.2, 0.25) is 5.28 Å². The third kappa shape index (κ3) is 1.62. The Morgan fingerprint density at radius 1 is 1.67 bits per heavy atom. The summed E-state index contributed by atoms with van der Waals surface area (Å²) in [7, 11) is 0. The minimum absolute atomic E-state index is 0.155. The van der Waals surface area contributed by atoms with Crippen LogP contribution in [0.25, 0.3) is 0 Å². The summed E-state index contributed by atoms with van der Waals surface area (Å²) < 4.78 is 0. The molecule has 0 aromatic carbocycles. The maximum Gasteiger partial charge on any atom is 0.222 e. The lowest BCUT2D eigenvalue weighted by Crippen LogP contribution is -1.90. The second kappa shape index (κ2) is 2.75. The van der Waals surface area contributed by atoms with Crippen molar-refractivity contribution in [2.45, 2.75) is 6.54 Å². The summed E-state index contributed by atoms with van der Waals surface area (Å²) in [5.41, 5.74) is 7.54. The van der Waals surface area contributed by atoms with E-state index in [0.29, 0.717) is 5.69 Å². The fourth-order valence-electron chi connectivity index (χ4n) is 0.468. The van der Waals surface area contributed by atoms with Crippen LogP contribution in [0.15, 0.2) is 12.3 Å². The molecule has 0 saturated heterocycles. The summed E-state index contributed by atoms with van der Waals surface area (Å²) in [6.45, 7) is 0.155. The zero-order chi connectivity index (χ0) is 6.69. The predicted octanol–water partition coefficient (Wildman–Crippen LogP) is 0.913. The van der Waals surface area contributed by atoms with E-state index in [0.717, 1.165) is 0 Å². The fourth-order valence-corrected chi connectivity index (χ4v) is 0.633. The molecule has 0 unspecified atom stereocenters. The Morgan fingerprint density at radius 3 is 2.89 bits per heavy atom. The highest BCUT2D eigenvalue weighted by molar-refractivity contribution is 6.28. The van der Waals surface area contributed by atoms with Crippen molar-refractivity contribution < 1.29 is 0 Å². The van der Waals surface area contributed by atoms with Gasteiger partial charge in [-0.3, -0.25) is 5.73 Å². The second-order valence-corrected chi connectivity index (χ2v) is 1.83. The van der Waals surface area contributed by atoms with Crippen molar-refractivity contribution in [2.75, 3.05) is 0 Å². The SMILES string of the molecule is [NH]Cc1ccnc(Cl)n1. The van der Waals surface area contributed by atoms with E-state index in [-0.39, 0.29) is 11.8 Å². The lowest BCUT2D eigenvalue weighted by Gasteiger charge is -1.91. The number of nitrogens with zero attached hydrogens (tertiary/aromatic N) is 2. The van der Waals surface area contributed by atoms with E-state index in [1.165, 1.54) is 0 Å². The van der Waals surface area contributed by atoms with Crippen LogP contribution in [0.3, 0.4) is 0 Å². The van der Waals surface area contributed by atoms with Crippen molar-refractivity contribution >= 4 is 11.6 Å². The summed E-state index contributed by atoms with van der Waals surface area (Å²) in [4.78, 5) is 7.42. The maximum absolute atomic E-state index is 6.89. The maximum atomic E-state index is 6.89. The molecule has 0 spiro atoms. The molecule has 9 heavy (non-hydrogen) atoms. The van der Waals surface area contributed by atoms with E-state index < -0.39 is 0 Å². The molecule has 4 heteroatoms. The molecule has 1 radical (unpaired) electrons. The first-order valence-corrected chi connectivity index (χ1v) is 2.83. The minimum Gasteiger partial charge on any atom is -0.251 e. The van der Waals surface area contributed by atoms with Crippen LogP contribution in [0, 0.1) is 0 Å². The molecular formula is C5H5ClN3. The molecule has 0 fully saturated rings. The van der Waals surface area contributed by atoms with Crippen LogP contribution in [0.2, 0.25) is 5.28 Å². The monoisotopic (exact) mass is 142 g/mol. The first-order valence-electron chi connectivity index (χ1n) is 2.45. The van der Waals surface area contributed by atoms with Crippen molar-refractivity contribution in [1.82, 2.24) is 15.7 Å². The number of rotatable bonds is 1. The topological polar surface area (TPSA) is 49.6 Å². The first kappa shape index (κ1) is 6.45. The van der Waals surface area contributed by atoms with Gasteiger partial charge >= 0.3 is 0 Å². The lowest BCUT2D eigenvalue weighted by atomic mass is 10.4. The van der Waals surface area contributed by atoms with Gasteiger partial charge in [0, 0.05) is 6.20 Å². The largest absolute Gasteiger partial charge is 0.251 e. The van der Waals surface area contributed by atoms with Gasteiger partial charge in [-0.1, -0.05) is 0 Å². The Kier molecular flexibility index (Phi) is 1.97. The van der Waals surface area contributed by atoms with E-state index in [9.17, 15) is 0 Å². The van der Waals surface area contributed by atoms with Crippen LogP contribution in [0.5, 0.6) is 0 Å². The number of nitrogens with one attached hydrogen (secondary N) is 1. The third-order valence-electron chi connectivity index (χ3n) is 0.865. The van der Waals surface area contributed by atoms with Gasteiger partial charge in [-0.15, -0.1) is 0 Å². The van der Waals surface area contributed by atoms with Crippen molar-refractivity contribution in [2.24, 2.45) is 0 Å². The van der Waals surface area contributed by atoms with Crippen molar-refractivity contribution in [3.8, 4) is 0 Å². The molecule has 1 heterocycles. The average molecular weight is 143 g/mol. The van der Waals surface area contributed by atoms with Gasteiger partial charge in [-0.2, -0.15) is 0 Å². The van der Waals surface area contributed by atoms with Crippen LogP contribution in [0.1, 0.15) is 5.69 Å². The van der Waals surface area contributed by atoms with Gasteiger partial charge < -0.3 is 0 Å². The molecule has 0 atom stereocenters. The average Bonchev–Trinajstić information content (AvgIpc) is 1.88. The molecule has 1 N–H and O–H groups in total. The van der Waals surface area contributed by atoms with Crippen LogP contribution in [-0.2, 0) is 6.54 Å². The number of aromatic nitrogens is 2. The van der Waals surface area contributed by atoms with Crippen LogP contribution in [0.4, 0.5) is 0 Å². The normalized spacial score (nSPS) is 9.56. The van der Waals surface area contributed by atoms with Crippen LogP contribution < -0.4 is 5.73 Å². The van der Waals surface area contributed by atoms with Gasteiger partial charge in [-0.25, -0.2) is 9.97 Å². The van der Waals surface area contributed by atoms with E-state index in [1.807, 2.05) is 0 Å². The highest BCUT2D eigenvalue weighted by Gasteiger charge is 1.91.